The summed E-state index contributed by atoms with van der Waals surface area (Å²) in [6, 6.07) is 4.93. The van der Waals surface area contributed by atoms with Crippen molar-refractivity contribution >= 4 is 11.8 Å². The molecule has 0 unspecified atom stereocenters. The number of aromatic nitrogens is 3. The average molecular weight is 316 g/mol. The molecular weight excluding hydrogens is 305 g/mol. The van der Waals surface area contributed by atoms with Gasteiger partial charge in [0.25, 0.3) is 5.56 Å². The van der Waals surface area contributed by atoms with E-state index in [2.05, 4.69) is 10.2 Å². The van der Waals surface area contributed by atoms with Gasteiger partial charge in [0.05, 0.1) is 5.56 Å². The van der Waals surface area contributed by atoms with Crippen molar-refractivity contribution in [1.82, 2.24) is 14.9 Å². The van der Waals surface area contributed by atoms with E-state index in [1.807, 2.05) is 0 Å². The van der Waals surface area contributed by atoms with Gasteiger partial charge in [0, 0.05) is 5.75 Å². The normalized spacial score (nSPS) is 11.6. The fraction of sp³-hybridized carbons (Fsp3) is 0.250. The predicted octanol–water partition coefficient (Wildman–Crippen LogP) is 1.97. The third-order valence-electron chi connectivity index (χ3n) is 2.64. The van der Waals surface area contributed by atoms with Gasteiger partial charge in [-0.2, -0.15) is 17.8 Å². The largest absolute Gasteiger partial charge is 0.416 e. The van der Waals surface area contributed by atoms with Crippen molar-refractivity contribution in [2.45, 2.75) is 24.0 Å². The summed E-state index contributed by atoms with van der Waals surface area (Å²) in [5, 5.41) is 7.54. The molecule has 2 N–H and O–H groups in total. The highest BCUT2D eigenvalue weighted by atomic mass is 32.2. The van der Waals surface area contributed by atoms with Crippen LogP contribution in [0.4, 0.5) is 13.2 Å². The molecule has 0 fully saturated rings. The van der Waals surface area contributed by atoms with Crippen molar-refractivity contribution in [2.24, 2.45) is 0 Å². The highest BCUT2D eigenvalue weighted by Crippen LogP contribution is 2.30. The van der Waals surface area contributed by atoms with Gasteiger partial charge in [-0.25, -0.2) is 0 Å². The first-order chi connectivity index (χ1) is 9.79. The molecule has 1 aromatic heterocycles. The van der Waals surface area contributed by atoms with Gasteiger partial charge >= 0.3 is 6.18 Å². The molecule has 0 atom stereocenters. The maximum atomic E-state index is 12.6. The second-order valence-electron chi connectivity index (χ2n) is 4.23. The van der Waals surface area contributed by atoms with E-state index in [4.69, 9.17) is 5.84 Å². The van der Waals surface area contributed by atoms with Gasteiger partial charge in [-0.05, 0) is 18.6 Å². The number of nitrogens with two attached hydrogens (primary N) is 1. The lowest BCUT2D eigenvalue weighted by Gasteiger charge is -2.09. The number of halogens is 3. The summed E-state index contributed by atoms with van der Waals surface area (Å²) < 4.78 is 38.6. The Balaban J connectivity index is 2.18. The maximum Gasteiger partial charge on any atom is 0.416 e. The van der Waals surface area contributed by atoms with Gasteiger partial charge in [-0.1, -0.05) is 30.0 Å². The van der Waals surface area contributed by atoms with Gasteiger partial charge in [-0.15, -0.1) is 10.2 Å². The first-order valence-corrected chi connectivity index (χ1v) is 6.78. The van der Waals surface area contributed by atoms with E-state index in [-0.39, 0.29) is 16.6 Å². The molecule has 1 heterocycles. The molecule has 0 amide bonds. The summed E-state index contributed by atoms with van der Waals surface area (Å²) in [5.41, 5.74) is -0.608. The molecule has 0 aliphatic rings. The van der Waals surface area contributed by atoms with E-state index < -0.39 is 17.3 Å². The molecule has 0 aliphatic heterocycles. The van der Waals surface area contributed by atoms with Crippen LogP contribution in [0.5, 0.6) is 0 Å². The number of nitrogens with zero attached hydrogens (tertiary/aromatic N) is 3. The van der Waals surface area contributed by atoms with Crippen LogP contribution >= 0.6 is 11.8 Å². The quantitative estimate of drug-likeness (QED) is 0.692. The zero-order valence-electron chi connectivity index (χ0n) is 10.9. The van der Waals surface area contributed by atoms with Crippen LogP contribution in [0.25, 0.3) is 0 Å². The van der Waals surface area contributed by atoms with E-state index in [0.717, 1.165) is 28.6 Å². The Morgan fingerprint density at radius 1 is 1.33 bits per heavy atom. The first-order valence-electron chi connectivity index (χ1n) is 5.79. The lowest BCUT2D eigenvalue weighted by atomic mass is 10.1. The van der Waals surface area contributed by atoms with Crippen LogP contribution < -0.4 is 11.4 Å². The first kappa shape index (κ1) is 15.4. The third-order valence-corrected chi connectivity index (χ3v) is 3.66. The molecule has 9 heteroatoms. The van der Waals surface area contributed by atoms with E-state index in [1.165, 1.54) is 13.0 Å². The number of hydrogen-bond donors (Lipinski definition) is 1. The standard InChI is InChI=1S/C12H11F3N4OS/c1-7-10(20)19(16)11(18-17-7)21-6-8-3-2-4-9(5-8)12(13,14)15/h2-5H,6,16H2,1H3. The molecule has 0 radical (unpaired) electrons. The number of rotatable bonds is 3. The predicted molar refractivity (Wildman–Crippen MR) is 72.2 cm³/mol. The minimum Gasteiger partial charge on any atom is -0.334 e. The fourth-order valence-corrected chi connectivity index (χ4v) is 2.35. The lowest BCUT2D eigenvalue weighted by molar-refractivity contribution is -0.137. The van der Waals surface area contributed by atoms with E-state index in [1.54, 1.807) is 6.07 Å². The Morgan fingerprint density at radius 2 is 2.05 bits per heavy atom. The summed E-state index contributed by atoms with van der Waals surface area (Å²) in [7, 11) is 0. The molecule has 112 valence electrons. The monoisotopic (exact) mass is 316 g/mol. The number of hydrogen-bond acceptors (Lipinski definition) is 5. The Kier molecular flexibility index (Phi) is 4.21. The summed E-state index contributed by atoms with van der Waals surface area (Å²) in [5.74, 6) is 5.74. The van der Waals surface area contributed by atoms with Crippen molar-refractivity contribution in [2.75, 3.05) is 5.84 Å². The number of nitrogen functional groups attached to an aromatic ring is 1. The zero-order chi connectivity index (χ0) is 15.6. The van der Waals surface area contributed by atoms with E-state index in [9.17, 15) is 18.0 Å². The second-order valence-corrected chi connectivity index (χ2v) is 5.17. The van der Waals surface area contributed by atoms with Crippen molar-refractivity contribution in [3.8, 4) is 0 Å². The summed E-state index contributed by atoms with van der Waals surface area (Å²) in [4.78, 5) is 11.6. The van der Waals surface area contributed by atoms with Crippen molar-refractivity contribution in [3.63, 3.8) is 0 Å². The Bertz CT molecular complexity index is 714. The molecule has 1 aromatic carbocycles. The lowest BCUT2D eigenvalue weighted by Crippen LogP contribution is -2.32. The van der Waals surface area contributed by atoms with Crippen LogP contribution in [0.3, 0.4) is 0 Å². The Labute approximate surface area is 122 Å². The summed E-state index contributed by atoms with van der Waals surface area (Å²) in [6.07, 6.45) is -4.39. The molecule has 5 nitrogen and oxygen atoms in total. The Hall–Kier alpha value is -2.03. The van der Waals surface area contributed by atoms with Crippen molar-refractivity contribution in [1.29, 1.82) is 0 Å². The number of aryl methyl sites for hydroxylation is 1. The highest BCUT2D eigenvalue weighted by molar-refractivity contribution is 7.98. The van der Waals surface area contributed by atoms with Gasteiger partial charge in [0.1, 0.15) is 5.69 Å². The second kappa shape index (κ2) is 5.76. The van der Waals surface area contributed by atoms with Crippen molar-refractivity contribution in [3.05, 3.63) is 51.4 Å². The summed E-state index contributed by atoms with van der Waals surface area (Å²) in [6.45, 7) is 1.47. The molecule has 21 heavy (non-hydrogen) atoms. The molecule has 0 saturated heterocycles. The van der Waals surface area contributed by atoms with Crippen molar-refractivity contribution < 1.29 is 13.2 Å². The van der Waals surface area contributed by atoms with E-state index >= 15 is 0 Å². The van der Waals surface area contributed by atoms with Crippen LogP contribution in [0.15, 0.2) is 34.2 Å². The van der Waals surface area contributed by atoms with E-state index in [0.29, 0.717) is 5.56 Å². The maximum absolute atomic E-state index is 12.6. The van der Waals surface area contributed by atoms with Crippen LogP contribution in [-0.4, -0.2) is 14.9 Å². The number of alkyl halides is 3. The van der Waals surface area contributed by atoms with Gasteiger partial charge in [0.2, 0.25) is 5.16 Å². The molecule has 2 aromatic rings. The van der Waals surface area contributed by atoms with Gasteiger partial charge < -0.3 is 5.84 Å². The number of benzene rings is 1. The van der Waals surface area contributed by atoms with Gasteiger partial charge in [-0.3, -0.25) is 4.79 Å². The molecule has 0 bridgehead atoms. The Morgan fingerprint density at radius 3 is 2.71 bits per heavy atom. The van der Waals surface area contributed by atoms with Gasteiger partial charge in [0.15, 0.2) is 0 Å². The molecular formula is C12H11F3N4OS. The minimum absolute atomic E-state index is 0.142. The fourth-order valence-electron chi connectivity index (χ4n) is 1.55. The SMILES string of the molecule is Cc1nnc(SCc2cccc(C(F)(F)F)c2)n(N)c1=O. The molecule has 2 rings (SSSR count). The minimum atomic E-state index is -4.39. The van der Waals surface area contributed by atoms with Crippen LogP contribution in [0.2, 0.25) is 0 Å². The average Bonchev–Trinajstić information content (AvgIpc) is 2.43. The van der Waals surface area contributed by atoms with Crippen LogP contribution in [0, 0.1) is 6.92 Å². The molecule has 0 aliphatic carbocycles. The smallest absolute Gasteiger partial charge is 0.334 e. The molecule has 0 saturated carbocycles. The van der Waals surface area contributed by atoms with Crippen LogP contribution in [0.1, 0.15) is 16.8 Å². The highest BCUT2D eigenvalue weighted by Gasteiger charge is 2.30. The number of thioether (sulfide) groups is 1. The topological polar surface area (TPSA) is 73.8 Å². The third kappa shape index (κ3) is 3.54. The zero-order valence-corrected chi connectivity index (χ0v) is 11.7. The summed E-state index contributed by atoms with van der Waals surface area (Å²) >= 11 is 1.04. The molecule has 0 spiro atoms. The van der Waals surface area contributed by atoms with Crippen LogP contribution in [-0.2, 0) is 11.9 Å².